The number of fused-ring (bicyclic) bond motifs is 2. The largest absolute Gasteiger partial charge is 0.469 e. The SMILES string of the molecule is COC(=O)CCCCN1C(=O)[C@@](O)([C@@H](C)/C=C/CC(=O)N(CCO)Cc2ccccc2)c2cc(N3C(=O)CCc4ccccc43)ccc21. The van der Waals surface area contributed by atoms with Gasteiger partial charge in [-0.1, -0.05) is 67.6 Å². The van der Waals surface area contributed by atoms with Gasteiger partial charge in [0.1, 0.15) is 0 Å². The van der Waals surface area contributed by atoms with Crippen molar-refractivity contribution in [2.45, 2.75) is 57.6 Å². The minimum Gasteiger partial charge on any atom is -0.469 e. The van der Waals surface area contributed by atoms with Crippen LogP contribution in [0.25, 0.3) is 0 Å². The standard InChI is InChI=1S/C38H43N3O7/c1-27(11-10-16-34(43)39(23-24-42)26-28-12-4-3-5-13-28)38(47)31-25-30(41-32-15-7-6-14-29(32)18-21-35(41)44)19-20-33(31)40(37(38)46)22-9-8-17-36(45)48-2/h3-7,10-15,19-20,25,27,42,47H,8-9,16-18,21-24,26H2,1-2H3/b11-10+/t27-,38+/m0/s1. The Hall–Kier alpha value is -4.80. The van der Waals surface area contributed by atoms with Crippen LogP contribution in [0, 0.1) is 5.92 Å². The van der Waals surface area contributed by atoms with Crippen LogP contribution in [-0.2, 0) is 42.5 Å². The van der Waals surface area contributed by atoms with E-state index in [2.05, 4.69) is 0 Å². The number of ether oxygens (including phenoxy) is 1. The molecule has 2 N–H and O–H groups in total. The number of anilines is 3. The molecule has 0 radical (unpaired) electrons. The van der Waals surface area contributed by atoms with Gasteiger partial charge in [0, 0.05) is 56.1 Å². The zero-order valence-electron chi connectivity index (χ0n) is 27.5. The molecule has 0 aliphatic carbocycles. The number of methoxy groups -OCH3 is 1. The van der Waals surface area contributed by atoms with E-state index in [4.69, 9.17) is 4.74 Å². The Morgan fingerprint density at radius 2 is 1.75 bits per heavy atom. The molecule has 3 aromatic rings. The number of aliphatic hydroxyl groups excluding tert-OH is 1. The van der Waals surface area contributed by atoms with E-state index in [0.29, 0.717) is 49.2 Å². The molecule has 252 valence electrons. The van der Waals surface area contributed by atoms with Gasteiger partial charge in [-0.15, -0.1) is 0 Å². The summed E-state index contributed by atoms with van der Waals surface area (Å²) in [6, 6.07) is 22.5. The van der Waals surface area contributed by atoms with Crippen molar-refractivity contribution in [2.24, 2.45) is 5.92 Å². The van der Waals surface area contributed by atoms with Gasteiger partial charge in [-0.2, -0.15) is 0 Å². The maximum atomic E-state index is 14.1. The van der Waals surface area contributed by atoms with Crippen LogP contribution < -0.4 is 9.80 Å². The summed E-state index contributed by atoms with van der Waals surface area (Å²) in [6.07, 6.45) is 5.56. The zero-order chi connectivity index (χ0) is 34.3. The van der Waals surface area contributed by atoms with Gasteiger partial charge in [-0.25, -0.2) is 0 Å². The summed E-state index contributed by atoms with van der Waals surface area (Å²) in [6.45, 7) is 2.36. The second-order valence-electron chi connectivity index (χ2n) is 12.3. The highest BCUT2D eigenvalue weighted by Crippen LogP contribution is 2.48. The van der Waals surface area contributed by atoms with Gasteiger partial charge < -0.3 is 24.7 Å². The first-order valence-electron chi connectivity index (χ1n) is 16.4. The van der Waals surface area contributed by atoms with Crippen molar-refractivity contribution in [1.29, 1.82) is 0 Å². The first kappa shape index (κ1) is 34.5. The number of carbonyl (C=O) groups is 4. The molecule has 0 saturated carbocycles. The van der Waals surface area contributed by atoms with Crippen LogP contribution in [0.3, 0.4) is 0 Å². The molecule has 3 aromatic carbocycles. The number of carbonyl (C=O) groups excluding carboxylic acids is 4. The molecule has 10 nitrogen and oxygen atoms in total. The smallest absolute Gasteiger partial charge is 0.305 e. The summed E-state index contributed by atoms with van der Waals surface area (Å²) in [5.41, 5.74) is 2.25. The Morgan fingerprint density at radius 3 is 2.50 bits per heavy atom. The summed E-state index contributed by atoms with van der Waals surface area (Å²) in [5, 5.41) is 21.9. The Bertz CT molecular complexity index is 1670. The van der Waals surface area contributed by atoms with Gasteiger partial charge in [0.2, 0.25) is 11.8 Å². The fourth-order valence-electron chi connectivity index (χ4n) is 6.51. The van der Waals surface area contributed by atoms with Gasteiger partial charge in [-0.05, 0) is 54.7 Å². The molecule has 0 unspecified atom stereocenters. The number of aryl methyl sites for hydroxylation is 1. The summed E-state index contributed by atoms with van der Waals surface area (Å²) >= 11 is 0. The lowest BCUT2D eigenvalue weighted by molar-refractivity contribution is -0.140. The van der Waals surface area contributed by atoms with Crippen molar-refractivity contribution >= 4 is 40.8 Å². The van der Waals surface area contributed by atoms with Crippen molar-refractivity contribution < 1.29 is 34.1 Å². The zero-order valence-corrected chi connectivity index (χ0v) is 27.5. The number of esters is 1. The minimum absolute atomic E-state index is 0.0185. The van der Waals surface area contributed by atoms with E-state index in [9.17, 15) is 29.4 Å². The van der Waals surface area contributed by atoms with E-state index in [-0.39, 0.29) is 50.3 Å². The van der Waals surface area contributed by atoms with Crippen molar-refractivity contribution in [2.75, 3.05) is 36.6 Å². The van der Waals surface area contributed by atoms with E-state index in [0.717, 1.165) is 16.8 Å². The molecular formula is C38H43N3O7. The van der Waals surface area contributed by atoms with E-state index >= 15 is 0 Å². The number of hydrogen-bond acceptors (Lipinski definition) is 7. The Balaban J connectivity index is 1.42. The van der Waals surface area contributed by atoms with E-state index in [1.54, 1.807) is 52.0 Å². The fourth-order valence-corrected chi connectivity index (χ4v) is 6.51. The Morgan fingerprint density at radius 1 is 1.00 bits per heavy atom. The molecule has 0 saturated heterocycles. The predicted octanol–water partition coefficient (Wildman–Crippen LogP) is 4.78. The number of nitrogens with zero attached hydrogens (tertiary/aromatic N) is 3. The van der Waals surface area contributed by atoms with E-state index in [1.165, 1.54) is 7.11 Å². The summed E-state index contributed by atoms with van der Waals surface area (Å²) in [5.74, 6) is -1.84. The number of hydrogen-bond donors (Lipinski definition) is 2. The molecule has 3 amide bonds. The van der Waals surface area contributed by atoms with Crippen LogP contribution in [-0.4, -0.2) is 65.6 Å². The highest BCUT2D eigenvalue weighted by molar-refractivity contribution is 6.09. The van der Waals surface area contributed by atoms with Crippen LogP contribution in [0.5, 0.6) is 0 Å². The molecule has 2 heterocycles. The van der Waals surface area contributed by atoms with Crippen molar-refractivity contribution in [3.63, 3.8) is 0 Å². The third kappa shape index (κ3) is 7.19. The molecule has 2 aliphatic heterocycles. The van der Waals surface area contributed by atoms with Gasteiger partial charge >= 0.3 is 5.97 Å². The van der Waals surface area contributed by atoms with Crippen LogP contribution in [0.2, 0.25) is 0 Å². The molecule has 0 fully saturated rings. The van der Waals surface area contributed by atoms with Gasteiger partial charge in [0.05, 0.1) is 25.1 Å². The Kier molecular flexibility index (Phi) is 11.1. The lowest BCUT2D eigenvalue weighted by atomic mass is 9.82. The lowest BCUT2D eigenvalue weighted by Gasteiger charge is -2.31. The summed E-state index contributed by atoms with van der Waals surface area (Å²) < 4.78 is 4.74. The predicted molar refractivity (Wildman–Crippen MR) is 182 cm³/mol. The third-order valence-electron chi connectivity index (χ3n) is 9.16. The maximum Gasteiger partial charge on any atom is 0.305 e. The number of benzene rings is 3. The van der Waals surface area contributed by atoms with Crippen molar-refractivity contribution in [1.82, 2.24) is 4.90 Å². The number of aliphatic hydroxyl groups is 2. The van der Waals surface area contributed by atoms with Crippen LogP contribution in [0.15, 0.2) is 84.9 Å². The first-order chi connectivity index (χ1) is 23.2. The second-order valence-corrected chi connectivity index (χ2v) is 12.3. The molecule has 48 heavy (non-hydrogen) atoms. The third-order valence-corrected chi connectivity index (χ3v) is 9.16. The second kappa shape index (κ2) is 15.4. The minimum atomic E-state index is -1.97. The molecule has 2 aliphatic rings. The molecule has 0 bridgehead atoms. The average molecular weight is 654 g/mol. The Labute approximate surface area is 281 Å². The highest BCUT2D eigenvalue weighted by atomic mass is 16.5. The average Bonchev–Trinajstić information content (AvgIpc) is 3.32. The van der Waals surface area contributed by atoms with Crippen molar-refractivity contribution in [3.05, 3.63) is 102 Å². The fraction of sp³-hybridized carbons (Fsp3) is 0.368. The normalized spacial score (nSPS) is 17.8. The van der Waals surface area contributed by atoms with Gasteiger partial charge in [0.25, 0.3) is 5.91 Å². The number of para-hydroxylation sites is 1. The molecular weight excluding hydrogens is 610 g/mol. The first-order valence-corrected chi connectivity index (χ1v) is 16.4. The van der Waals surface area contributed by atoms with Gasteiger partial charge in [0.15, 0.2) is 5.60 Å². The number of rotatable bonds is 14. The number of unbranched alkanes of at least 4 members (excludes halogenated alkanes) is 1. The highest BCUT2D eigenvalue weighted by Gasteiger charge is 2.52. The molecule has 2 atom stereocenters. The van der Waals surface area contributed by atoms with Gasteiger partial charge in [-0.3, -0.25) is 24.1 Å². The number of amides is 3. The molecule has 0 aromatic heterocycles. The molecule has 10 heteroatoms. The van der Waals surface area contributed by atoms with E-state index < -0.39 is 17.4 Å². The topological polar surface area (TPSA) is 128 Å². The lowest BCUT2D eigenvalue weighted by Crippen LogP contribution is -2.44. The quantitative estimate of drug-likeness (QED) is 0.146. The van der Waals surface area contributed by atoms with Crippen LogP contribution in [0.1, 0.15) is 55.7 Å². The summed E-state index contributed by atoms with van der Waals surface area (Å²) in [4.78, 5) is 56.9. The van der Waals surface area contributed by atoms with Crippen LogP contribution in [0.4, 0.5) is 17.1 Å². The molecule has 5 rings (SSSR count). The van der Waals surface area contributed by atoms with Crippen molar-refractivity contribution in [3.8, 4) is 0 Å². The monoisotopic (exact) mass is 653 g/mol. The van der Waals surface area contributed by atoms with Crippen LogP contribution >= 0.6 is 0 Å². The van der Waals surface area contributed by atoms with E-state index in [1.807, 2.05) is 54.6 Å². The molecule has 0 spiro atoms. The maximum absolute atomic E-state index is 14.1. The summed E-state index contributed by atoms with van der Waals surface area (Å²) in [7, 11) is 1.33.